The second-order valence-corrected chi connectivity index (χ2v) is 6.67. The summed E-state index contributed by atoms with van der Waals surface area (Å²) in [5.41, 5.74) is 1.78. The van der Waals surface area contributed by atoms with Gasteiger partial charge in [0, 0.05) is 38.4 Å². The smallest absolute Gasteiger partial charge is 0.269 e. The van der Waals surface area contributed by atoms with Crippen LogP contribution in [-0.4, -0.2) is 45.1 Å². The number of piperidine rings is 1. The van der Waals surface area contributed by atoms with Gasteiger partial charge >= 0.3 is 0 Å². The van der Waals surface area contributed by atoms with Crippen molar-refractivity contribution >= 4 is 11.7 Å². The summed E-state index contributed by atoms with van der Waals surface area (Å²) in [7, 11) is 1.83. The number of rotatable bonds is 5. The van der Waals surface area contributed by atoms with E-state index in [0.29, 0.717) is 18.2 Å². The number of nitrogens with zero attached hydrogens (tertiary/aromatic N) is 5. The van der Waals surface area contributed by atoms with Crippen molar-refractivity contribution in [1.82, 2.24) is 24.8 Å². The first kappa shape index (κ1) is 17.4. The fourth-order valence-electron chi connectivity index (χ4n) is 3.33. The molecule has 0 bridgehead atoms. The van der Waals surface area contributed by atoms with Crippen LogP contribution in [0.25, 0.3) is 0 Å². The molecule has 0 aliphatic carbocycles. The van der Waals surface area contributed by atoms with Gasteiger partial charge in [-0.2, -0.15) is 0 Å². The van der Waals surface area contributed by atoms with Crippen molar-refractivity contribution in [3.8, 4) is 0 Å². The first-order valence-corrected chi connectivity index (χ1v) is 8.90. The van der Waals surface area contributed by atoms with E-state index in [1.54, 1.807) is 17.1 Å². The van der Waals surface area contributed by atoms with Crippen LogP contribution in [0.1, 0.15) is 41.6 Å². The van der Waals surface area contributed by atoms with Crippen LogP contribution in [-0.2, 0) is 13.5 Å². The van der Waals surface area contributed by atoms with E-state index >= 15 is 0 Å². The number of amides is 1. The molecule has 2 aromatic rings. The molecule has 1 aliphatic rings. The monoisotopic (exact) mass is 342 g/mol. The van der Waals surface area contributed by atoms with Crippen LogP contribution >= 0.6 is 0 Å². The maximum Gasteiger partial charge on any atom is 0.269 e. The van der Waals surface area contributed by atoms with Crippen molar-refractivity contribution < 1.29 is 4.79 Å². The molecule has 1 N–H and O–H groups in total. The zero-order chi connectivity index (χ0) is 17.8. The highest BCUT2D eigenvalue weighted by molar-refractivity contribution is 5.92. The largest absolute Gasteiger partial charge is 0.356 e. The fraction of sp³-hybridized carbons (Fsp3) is 0.556. The zero-order valence-corrected chi connectivity index (χ0v) is 15.2. The summed E-state index contributed by atoms with van der Waals surface area (Å²) in [5.74, 6) is 2.21. The average molecular weight is 342 g/mol. The molecular weight excluding hydrogens is 316 g/mol. The molecule has 7 nitrogen and oxygen atoms in total. The van der Waals surface area contributed by atoms with Crippen LogP contribution in [0.4, 0.5) is 5.82 Å². The topological polar surface area (TPSA) is 75.9 Å². The van der Waals surface area contributed by atoms with Crippen molar-refractivity contribution in [2.24, 2.45) is 13.0 Å². The number of imidazole rings is 1. The quantitative estimate of drug-likeness (QED) is 0.895. The van der Waals surface area contributed by atoms with Gasteiger partial charge in [0.1, 0.15) is 17.3 Å². The molecule has 0 spiro atoms. The van der Waals surface area contributed by atoms with Gasteiger partial charge in [-0.05, 0) is 32.1 Å². The third kappa shape index (κ3) is 3.97. The third-order valence-corrected chi connectivity index (χ3v) is 4.76. The Bertz CT molecular complexity index is 741. The molecule has 25 heavy (non-hydrogen) atoms. The van der Waals surface area contributed by atoms with Crippen LogP contribution in [0.2, 0.25) is 0 Å². The molecule has 7 heteroatoms. The van der Waals surface area contributed by atoms with Crippen molar-refractivity contribution in [3.63, 3.8) is 0 Å². The molecule has 1 saturated heterocycles. The molecule has 1 atom stereocenters. The second-order valence-electron chi connectivity index (χ2n) is 6.67. The van der Waals surface area contributed by atoms with Crippen LogP contribution in [0.3, 0.4) is 0 Å². The van der Waals surface area contributed by atoms with Crippen LogP contribution in [0.5, 0.6) is 0 Å². The van der Waals surface area contributed by atoms with Crippen LogP contribution in [0, 0.1) is 12.8 Å². The minimum atomic E-state index is -0.0655. The highest BCUT2D eigenvalue weighted by atomic mass is 16.1. The minimum absolute atomic E-state index is 0.0655. The molecular formula is C18H26N6O. The summed E-state index contributed by atoms with van der Waals surface area (Å²) in [4.78, 5) is 27.6. The van der Waals surface area contributed by atoms with E-state index in [2.05, 4.69) is 32.1 Å². The molecule has 2 aromatic heterocycles. The summed E-state index contributed by atoms with van der Waals surface area (Å²) < 4.78 is 1.74. The lowest BCUT2D eigenvalue weighted by Crippen LogP contribution is -2.42. The Balaban J connectivity index is 1.63. The molecule has 1 amide bonds. The van der Waals surface area contributed by atoms with E-state index in [1.807, 2.05) is 20.2 Å². The Morgan fingerprint density at radius 1 is 1.40 bits per heavy atom. The summed E-state index contributed by atoms with van der Waals surface area (Å²) in [6.45, 7) is 6.66. The van der Waals surface area contributed by atoms with Gasteiger partial charge in [-0.15, -0.1) is 0 Å². The molecule has 0 aromatic carbocycles. The Labute approximate surface area is 148 Å². The number of anilines is 1. The molecule has 0 saturated carbocycles. The van der Waals surface area contributed by atoms with Gasteiger partial charge in [-0.1, -0.05) is 6.92 Å². The summed E-state index contributed by atoms with van der Waals surface area (Å²) in [5, 5.41) is 3.05. The lowest BCUT2D eigenvalue weighted by atomic mass is 9.97. The number of carbonyl (C=O) groups is 1. The predicted octanol–water partition coefficient (Wildman–Crippen LogP) is 1.73. The summed E-state index contributed by atoms with van der Waals surface area (Å²) in [6, 6.07) is 0. The van der Waals surface area contributed by atoms with Gasteiger partial charge in [-0.3, -0.25) is 4.79 Å². The minimum Gasteiger partial charge on any atom is -0.356 e. The van der Waals surface area contributed by atoms with Gasteiger partial charge in [-0.25, -0.2) is 15.0 Å². The SMILES string of the molecule is CCc1cnc(C)nc1N1CCCC(CNC(=O)c2cncn2C)C1. The predicted molar refractivity (Wildman–Crippen MR) is 96.6 cm³/mol. The number of hydrogen-bond acceptors (Lipinski definition) is 5. The van der Waals surface area contributed by atoms with E-state index < -0.39 is 0 Å². The maximum absolute atomic E-state index is 12.3. The van der Waals surface area contributed by atoms with Crippen molar-refractivity contribution in [2.45, 2.75) is 33.1 Å². The fourth-order valence-corrected chi connectivity index (χ4v) is 3.33. The highest BCUT2D eigenvalue weighted by Crippen LogP contribution is 2.24. The second kappa shape index (κ2) is 7.63. The van der Waals surface area contributed by atoms with Crippen molar-refractivity contribution in [2.75, 3.05) is 24.5 Å². The lowest BCUT2D eigenvalue weighted by molar-refractivity contribution is 0.0937. The molecule has 3 rings (SSSR count). The lowest BCUT2D eigenvalue weighted by Gasteiger charge is -2.34. The first-order chi connectivity index (χ1) is 12.1. The number of aryl methyl sites for hydroxylation is 3. The first-order valence-electron chi connectivity index (χ1n) is 8.90. The molecule has 1 aliphatic heterocycles. The van der Waals surface area contributed by atoms with Gasteiger partial charge in [0.2, 0.25) is 0 Å². The number of nitrogens with one attached hydrogen (secondary N) is 1. The van der Waals surface area contributed by atoms with Crippen molar-refractivity contribution in [1.29, 1.82) is 0 Å². The van der Waals surface area contributed by atoms with Crippen LogP contribution < -0.4 is 10.2 Å². The summed E-state index contributed by atoms with van der Waals surface area (Å²) >= 11 is 0. The Kier molecular flexibility index (Phi) is 5.31. The zero-order valence-electron chi connectivity index (χ0n) is 15.2. The van der Waals surface area contributed by atoms with Gasteiger partial charge in [0.05, 0.1) is 12.5 Å². The molecule has 3 heterocycles. The standard InChI is InChI=1S/C18H26N6O/c1-4-15-9-20-13(2)22-17(15)24-7-5-6-14(11-24)8-21-18(25)16-10-19-12-23(16)3/h9-10,12,14H,4-8,11H2,1-3H3,(H,21,25). The van der Waals surface area contributed by atoms with Crippen LogP contribution in [0.15, 0.2) is 18.7 Å². The van der Waals surface area contributed by atoms with E-state index in [0.717, 1.165) is 44.0 Å². The Morgan fingerprint density at radius 2 is 2.24 bits per heavy atom. The molecule has 1 unspecified atom stereocenters. The van der Waals surface area contributed by atoms with Crippen molar-refractivity contribution in [3.05, 3.63) is 35.8 Å². The number of aromatic nitrogens is 4. The average Bonchev–Trinajstić information content (AvgIpc) is 3.06. The molecule has 1 fully saturated rings. The third-order valence-electron chi connectivity index (χ3n) is 4.76. The number of carbonyl (C=O) groups excluding carboxylic acids is 1. The maximum atomic E-state index is 12.3. The van der Waals surface area contributed by atoms with Gasteiger partial charge in [0.15, 0.2) is 0 Å². The van der Waals surface area contributed by atoms with E-state index in [-0.39, 0.29) is 5.91 Å². The highest BCUT2D eigenvalue weighted by Gasteiger charge is 2.23. The number of hydrogen-bond donors (Lipinski definition) is 1. The van der Waals surface area contributed by atoms with E-state index in [1.165, 1.54) is 5.56 Å². The van der Waals surface area contributed by atoms with E-state index in [4.69, 9.17) is 0 Å². The Morgan fingerprint density at radius 3 is 2.96 bits per heavy atom. The van der Waals surface area contributed by atoms with E-state index in [9.17, 15) is 4.79 Å². The summed E-state index contributed by atoms with van der Waals surface area (Å²) in [6.07, 6.45) is 8.33. The normalized spacial score (nSPS) is 17.6. The molecule has 0 radical (unpaired) electrons. The molecule has 134 valence electrons. The van der Waals surface area contributed by atoms with Gasteiger partial charge < -0.3 is 14.8 Å². The van der Waals surface area contributed by atoms with Gasteiger partial charge in [0.25, 0.3) is 5.91 Å². The Hall–Kier alpha value is -2.44.